The van der Waals surface area contributed by atoms with Crippen molar-refractivity contribution in [2.24, 2.45) is 0 Å². The van der Waals surface area contributed by atoms with Gasteiger partial charge in [-0.2, -0.15) is 0 Å². The van der Waals surface area contributed by atoms with E-state index in [1.165, 1.54) is 11.1 Å². The first kappa shape index (κ1) is 23.2. The zero-order valence-corrected chi connectivity index (χ0v) is 20.0. The average Bonchev–Trinajstić information content (AvgIpc) is 2.95. The number of rotatable bonds is 10. The first-order chi connectivity index (χ1) is 17.8. The van der Waals surface area contributed by atoms with Crippen LogP contribution >= 0.6 is 0 Å². The zero-order chi connectivity index (χ0) is 24.4. The highest BCUT2D eigenvalue weighted by Gasteiger charge is 2.06. The van der Waals surface area contributed by atoms with Gasteiger partial charge in [-0.1, -0.05) is 6.07 Å². The minimum atomic E-state index is 0.572. The number of hydrogen-bond acceptors (Lipinski definition) is 4. The number of ether oxygens (including phenoxy) is 2. The van der Waals surface area contributed by atoms with Crippen molar-refractivity contribution in [1.82, 2.24) is 9.97 Å². The molecule has 1 aromatic carbocycles. The summed E-state index contributed by atoms with van der Waals surface area (Å²) in [6.07, 6.45) is 15.5. The molecule has 0 unspecified atom stereocenters. The van der Waals surface area contributed by atoms with Crippen LogP contribution in [0.25, 0.3) is 22.3 Å². The van der Waals surface area contributed by atoms with Crippen LogP contribution < -0.4 is 18.6 Å². The fourth-order valence-corrected chi connectivity index (χ4v) is 3.88. The highest BCUT2D eigenvalue weighted by atomic mass is 16.5. The van der Waals surface area contributed by atoms with E-state index in [4.69, 9.17) is 9.47 Å². The molecule has 4 aromatic heterocycles. The Morgan fingerprint density at radius 1 is 0.500 bits per heavy atom. The lowest BCUT2D eigenvalue weighted by molar-refractivity contribution is -0.697. The van der Waals surface area contributed by atoms with Crippen LogP contribution in [-0.4, -0.2) is 23.2 Å². The van der Waals surface area contributed by atoms with Crippen LogP contribution in [-0.2, 0) is 13.1 Å². The van der Waals surface area contributed by atoms with E-state index in [1.54, 1.807) is 0 Å². The van der Waals surface area contributed by atoms with Crippen molar-refractivity contribution >= 4 is 0 Å². The molecule has 0 amide bonds. The van der Waals surface area contributed by atoms with Gasteiger partial charge in [-0.25, -0.2) is 9.13 Å². The first-order valence-electron chi connectivity index (χ1n) is 12.0. The number of hydrogen-bond donors (Lipinski definition) is 0. The van der Waals surface area contributed by atoms with Crippen molar-refractivity contribution in [3.05, 3.63) is 122 Å². The van der Waals surface area contributed by atoms with Crippen LogP contribution in [0, 0.1) is 0 Å². The molecule has 0 N–H and O–H groups in total. The monoisotopic (exact) mass is 476 g/mol. The second-order valence-electron chi connectivity index (χ2n) is 8.29. The Balaban J connectivity index is 1.07. The number of pyridine rings is 4. The van der Waals surface area contributed by atoms with Gasteiger partial charge in [0.2, 0.25) is 0 Å². The summed E-state index contributed by atoms with van der Waals surface area (Å²) in [5, 5.41) is 0. The Labute approximate surface area is 211 Å². The predicted molar refractivity (Wildman–Crippen MR) is 137 cm³/mol. The summed E-state index contributed by atoms with van der Waals surface area (Å²) < 4.78 is 16.2. The number of benzene rings is 1. The maximum atomic E-state index is 5.97. The van der Waals surface area contributed by atoms with E-state index in [1.807, 2.05) is 73.3 Å². The molecule has 5 rings (SSSR count). The smallest absolute Gasteiger partial charge is 0.182 e. The quantitative estimate of drug-likeness (QED) is 0.278. The molecule has 6 heteroatoms. The Morgan fingerprint density at radius 3 is 1.31 bits per heavy atom. The Bertz CT molecular complexity index is 1260. The summed E-state index contributed by atoms with van der Waals surface area (Å²) in [4.78, 5) is 8.15. The zero-order valence-electron chi connectivity index (χ0n) is 20.0. The summed E-state index contributed by atoms with van der Waals surface area (Å²) in [6.45, 7) is 2.66. The molecule has 0 spiro atoms. The molecule has 5 aromatic rings. The maximum Gasteiger partial charge on any atom is 0.182 e. The molecule has 0 atom stereocenters. The summed E-state index contributed by atoms with van der Waals surface area (Å²) >= 11 is 0. The topological polar surface area (TPSA) is 52.0 Å². The molecular formula is C30H28N4O2+2. The van der Waals surface area contributed by atoms with E-state index in [2.05, 4.69) is 68.2 Å². The third kappa shape index (κ3) is 6.30. The largest absolute Gasteiger partial charge is 0.487 e. The molecule has 0 aliphatic rings. The molecule has 0 bridgehead atoms. The van der Waals surface area contributed by atoms with E-state index in [-0.39, 0.29) is 0 Å². The molecule has 0 aliphatic carbocycles. The molecule has 178 valence electrons. The van der Waals surface area contributed by atoms with Crippen molar-refractivity contribution in [3.63, 3.8) is 0 Å². The third-order valence-corrected chi connectivity index (χ3v) is 5.85. The van der Waals surface area contributed by atoms with Gasteiger partial charge in [0.15, 0.2) is 37.9 Å². The van der Waals surface area contributed by atoms with Crippen LogP contribution in [0.4, 0.5) is 0 Å². The summed E-state index contributed by atoms with van der Waals surface area (Å²) in [5.74, 6) is 1.60. The summed E-state index contributed by atoms with van der Waals surface area (Å²) in [6, 6.07) is 24.3. The van der Waals surface area contributed by atoms with Gasteiger partial charge >= 0.3 is 0 Å². The molecule has 0 aliphatic heterocycles. The lowest BCUT2D eigenvalue weighted by atomic mass is 10.1. The predicted octanol–water partition coefficient (Wildman–Crippen LogP) is 4.54. The molecular weight excluding hydrogens is 448 g/mol. The lowest BCUT2D eigenvalue weighted by Gasteiger charge is -2.08. The molecule has 0 radical (unpaired) electrons. The summed E-state index contributed by atoms with van der Waals surface area (Å²) in [7, 11) is 0. The van der Waals surface area contributed by atoms with Gasteiger partial charge in [-0.15, -0.1) is 0 Å². The lowest BCUT2D eigenvalue weighted by Crippen LogP contribution is -2.35. The molecule has 0 saturated heterocycles. The van der Waals surface area contributed by atoms with E-state index in [9.17, 15) is 0 Å². The second-order valence-corrected chi connectivity index (χ2v) is 8.29. The fourth-order valence-electron chi connectivity index (χ4n) is 3.88. The van der Waals surface area contributed by atoms with Crippen LogP contribution in [0.15, 0.2) is 122 Å². The van der Waals surface area contributed by atoms with Gasteiger partial charge in [0.05, 0.1) is 0 Å². The van der Waals surface area contributed by atoms with Crippen molar-refractivity contribution in [3.8, 4) is 33.8 Å². The molecule has 36 heavy (non-hydrogen) atoms. The molecule has 4 heterocycles. The van der Waals surface area contributed by atoms with E-state index >= 15 is 0 Å². The first-order valence-corrected chi connectivity index (χ1v) is 12.0. The molecule has 6 nitrogen and oxygen atoms in total. The van der Waals surface area contributed by atoms with Crippen molar-refractivity contribution in [2.75, 3.05) is 13.2 Å². The summed E-state index contributed by atoms with van der Waals surface area (Å²) in [5.41, 5.74) is 4.65. The Kier molecular flexibility index (Phi) is 7.54. The van der Waals surface area contributed by atoms with Gasteiger partial charge in [0.1, 0.15) is 24.7 Å². The number of nitrogens with zero attached hydrogens (tertiary/aromatic N) is 4. The van der Waals surface area contributed by atoms with Gasteiger partial charge in [0.25, 0.3) is 0 Å². The van der Waals surface area contributed by atoms with Crippen LogP contribution in [0.2, 0.25) is 0 Å². The third-order valence-electron chi connectivity index (χ3n) is 5.85. The maximum absolute atomic E-state index is 5.97. The van der Waals surface area contributed by atoms with Crippen molar-refractivity contribution in [1.29, 1.82) is 0 Å². The van der Waals surface area contributed by atoms with Gasteiger partial charge in [-0.05, 0) is 58.7 Å². The molecule has 0 saturated carbocycles. The SMILES string of the molecule is c1cc(OCC[n+]2ccc(-c3ccncc3)cc2)cc(OCC[n+]2ccc(-c3ccncc3)cc2)c1. The van der Waals surface area contributed by atoms with Crippen LogP contribution in [0.3, 0.4) is 0 Å². The standard InChI is InChI=1S/C30H28N4O2/c1-2-29(35-22-20-33-16-8-27(9-17-33)25-4-12-31-13-5-25)24-30(3-1)36-23-21-34-18-10-28(11-19-34)26-6-14-32-15-7-26/h1-19,24H,20-23H2/q+2. The van der Waals surface area contributed by atoms with Crippen molar-refractivity contribution in [2.45, 2.75) is 13.1 Å². The Morgan fingerprint density at radius 2 is 0.889 bits per heavy atom. The second kappa shape index (κ2) is 11.7. The van der Waals surface area contributed by atoms with Gasteiger partial charge < -0.3 is 9.47 Å². The Hall–Kier alpha value is -4.58. The van der Waals surface area contributed by atoms with E-state index in [0.717, 1.165) is 35.7 Å². The van der Waals surface area contributed by atoms with Gasteiger partial charge in [0, 0.05) is 55.1 Å². The van der Waals surface area contributed by atoms with E-state index in [0.29, 0.717) is 13.2 Å². The van der Waals surface area contributed by atoms with Crippen molar-refractivity contribution < 1.29 is 18.6 Å². The van der Waals surface area contributed by atoms with Gasteiger partial charge in [-0.3, -0.25) is 9.97 Å². The molecule has 0 fully saturated rings. The highest BCUT2D eigenvalue weighted by molar-refractivity contribution is 5.62. The van der Waals surface area contributed by atoms with Crippen LogP contribution in [0.5, 0.6) is 11.5 Å². The van der Waals surface area contributed by atoms with E-state index < -0.39 is 0 Å². The van der Waals surface area contributed by atoms with Crippen LogP contribution in [0.1, 0.15) is 0 Å². The minimum Gasteiger partial charge on any atom is -0.487 e. The minimum absolute atomic E-state index is 0.572. The fraction of sp³-hybridized carbons (Fsp3) is 0.133. The normalized spacial score (nSPS) is 10.7. The average molecular weight is 477 g/mol. The number of aromatic nitrogens is 4. The highest BCUT2D eigenvalue weighted by Crippen LogP contribution is 2.20.